The molecule has 2 bridgehead atoms. The normalized spacial score (nSPS) is 51.8. The maximum absolute atomic E-state index is 11.4. The van der Waals surface area contributed by atoms with E-state index in [1.54, 1.807) is 0 Å². The van der Waals surface area contributed by atoms with Crippen LogP contribution in [0.5, 0.6) is 0 Å². The van der Waals surface area contributed by atoms with E-state index in [1.165, 1.54) is 32.1 Å². The van der Waals surface area contributed by atoms with Crippen LogP contribution in [0.15, 0.2) is 0 Å². The molecule has 0 heterocycles. The Kier molecular flexibility index (Phi) is 1.81. The van der Waals surface area contributed by atoms with Gasteiger partial charge in [-0.25, -0.2) is 0 Å². The molecule has 0 spiro atoms. The Morgan fingerprint density at radius 2 is 2.14 bits per heavy atom. The Hall–Kier alpha value is -0.330. The molecule has 3 rings (SSSR count). The van der Waals surface area contributed by atoms with Gasteiger partial charge in [-0.2, -0.15) is 0 Å². The van der Waals surface area contributed by atoms with Crippen molar-refractivity contribution in [3.8, 4) is 0 Å². The smallest absolute Gasteiger partial charge is 0.133 e. The van der Waals surface area contributed by atoms with Gasteiger partial charge in [0.15, 0.2) is 0 Å². The van der Waals surface area contributed by atoms with E-state index in [0.29, 0.717) is 11.2 Å². The maximum atomic E-state index is 11.4. The van der Waals surface area contributed by atoms with Crippen molar-refractivity contribution in [2.24, 2.45) is 23.2 Å². The van der Waals surface area contributed by atoms with E-state index < -0.39 is 0 Å². The van der Waals surface area contributed by atoms with Crippen molar-refractivity contribution in [3.05, 3.63) is 0 Å². The summed E-state index contributed by atoms with van der Waals surface area (Å²) in [5, 5.41) is 0. The highest BCUT2D eigenvalue weighted by Gasteiger charge is 2.50. The number of ketones is 1. The fraction of sp³-hybridized carbons (Fsp3) is 0.923. The fourth-order valence-electron chi connectivity index (χ4n) is 4.47. The summed E-state index contributed by atoms with van der Waals surface area (Å²) in [5.74, 6) is 3.43. The third-order valence-electron chi connectivity index (χ3n) is 5.21. The van der Waals surface area contributed by atoms with Crippen molar-refractivity contribution >= 4 is 5.78 Å². The highest BCUT2D eigenvalue weighted by Crippen LogP contribution is 2.58. The molecule has 0 saturated heterocycles. The molecule has 14 heavy (non-hydrogen) atoms. The van der Waals surface area contributed by atoms with Crippen molar-refractivity contribution in [1.82, 2.24) is 0 Å². The second-order valence-electron chi connectivity index (χ2n) is 6.15. The zero-order valence-corrected chi connectivity index (χ0v) is 9.09. The van der Waals surface area contributed by atoms with E-state index in [1.807, 2.05) is 0 Å². The average Bonchev–Trinajstić information content (AvgIpc) is 2.80. The predicted octanol–water partition coefficient (Wildman–Crippen LogP) is 3.18. The Balaban J connectivity index is 1.79. The molecule has 3 aliphatic carbocycles. The Labute approximate surface area is 86.3 Å². The van der Waals surface area contributed by atoms with Crippen molar-refractivity contribution in [3.63, 3.8) is 0 Å². The summed E-state index contributed by atoms with van der Waals surface area (Å²) in [6, 6.07) is 0. The largest absolute Gasteiger partial charge is 0.300 e. The van der Waals surface area contributed by atoms with Crippen LogP contribution in [0.4, 0.5) is 0 Å². The molecule has 0 aromatic carbocycles. The van der Waals surface area contributed by atoms with Gasteiger partial charge in [-0.15, -0.1) is 0 Å². The summed E-state index contributed by atoms with van der Waals surface area (Å²) in [6.45, 7) is 2.38. The molecule has 3 aliphatic rings. The Bertz CT molecular complexity index is 270. The van der Waals surface area contributed by atoms with E-state index >= 15 is 0 Å². The lowest BCUT2D eigenvalue weighted by molar-refractivity contribution is -0.118. The topological polar surface area (TPSA) is 17.1 Å². The SMILES string of the molecule is CC1(C2CC3CCC2C3)CCC(=O)C1. The summed E-state index contributed by atoms with van der Waals surface area (Å²) in [5.41, 5.74) is 0.400. The van der Waals surface area contributed by atoms with Crippen LogP contribution in [0.2, 0.25) is 0 Å². The molecule has 0 N–H and O–H groups in total. The quantitative estimate of drug-likeness (QED) is 0.623. The monoisotopic (exact) mass is 192 g/mol. The molecule has 1 nitrogen and oxygen atoms in total. The van der Waals surface area contributed by atoms with E-state index in [0.717, 1.165) is 30.6 Å². The van der Waals surface area contributed by atoms with Crippen LogP contribution < -0.4 is 0 Å². The molecular formula is C13H20O. The minimum atomic E-state index is 0.400. The molecule has 1 heteroatoms. The fourth-order valence-corrected chi connectivity index (χ4v) is 4.47. The molecule has 0 aromatic rings. The minimum absolute atomic E-state index is 0.400. The average molecular weight is 192 g/mol. The summed E-state index contributed by atoms with van der Waals surface area (Å²) < 4.78 is 0. The number of rotatable bonds is 1. The first kappa shape index (κ1) is 8.94. The van der Waals surface area contributed by atoms with Crippen LogP contribution in [0.25, 0.3) is 0 Å². The number of fused-ring (bicyclic) bond motifs is 2. The molecule has 4 unspecified atom stereocenters. The highest BCUT2D eigenvalue weighted by molar-refractivity contribution is 5.81. The van der Waals surface area contributed by atoms with Gasteiger partial charge >= 0.3 is 0 Å². The van der Waals surface area contributed by atoms with Gasteiger partial charge in [0.2, 0.25) is 0 Å². The first-order valence-corrected chi connectivity index (χ1v) is 6.19. The van der Waals surface area contributed by atoms with Crippen LogP contribution >= 0.6 is 0 Å². The van der Waals surface area contributed by atoms with Gasteiger partial charge in [0.05, 0.1) is 0 Å². The molecule has 78 valence electrons. The third-order valence-corrected chi connectivity index (χ3v) is 5.21. The van der Waals surface area contributed by atoms with Crippen molar-refractivity contribution in [2.75, 3.05) is 0 Å². The molecule has 0 aromatic heterocycles. The second-order valence-corrected chi connectivity index (χ2v) is 6.15. The molecule has 0 amide bonds. The summed E-state index contributed by atoms with van der Waals surface area (Å²) >= 11 is 0. The maximum Gasteiger partial charge on any atom is 0.133 e. The van der Waals surface area contributed by atoms with Gasteiger partial charge < -0.3 is 0 Å². The number of carbonyl (C=O) groups is 1. The molecule has 0 aliphatic heterocycles. The van der Waals surface area contributed by atoms with Crippen molar-refractivity contribution in [1.29, 1.82) is 0 Å². The lowest BCUT2D eigenvalue weighted by Gasteiger charge is -2.36. The molecule has 3 saturated carbocycles. The van der Waals surface area contributed by atoms with Crippen LogP contribution in [0.3, 0.4) is 0 Å². The van der Waals surface area contributed by atoms with Crippen LogP contribution in [-0.2, 0) is 4.79 Å². The van der Waals surface area contributed by atoms with Crippen molar-refractivity contribution in [2.45, 2.75) is 51.9 Å². The minimum Gasteiger partial charge on any atom is -0.300 e. The Morgan fingerprint density at radius 1 is 1.29 bits per heavy atom. The van der Waals surface area contributed by atoms with Gasteiger partial charge in [-0.3, -0.25) is 4.79 Å². The van der Waals surface area contributed by atoms with Gasteiger partial charge in [-0.1, -0.05) is 13.3 Å². The number of hydrogen-bond donors (Lipinski definition) is 0. The molecule has 0 radical (unpaired) electrons. The zero-order valence-electron chi connectivity index (χ0n) is 9.09. The van der Waals surface area contributed by atoms with Gasteiger partial charge in [-0.05, 0) is 48.9 Å². The summed E-state index contributed by atoms with van der Waals surface area (Å²) in [7, 11) is 0. The van der Waals surface area contributed by atoms with Crippen LogP contribution in [-0.4, -0.2) is 5.78 Å². The van der Waals surface area contributed by atoms with Crippen LogP contribution in [0.1, 0.15) is 51.9 Å². The second kappa shape index (κ2) is 2.84. The lowest BCUT2D eigenvalue weighted by atomic mass is 9.68. The van der Waals surface area contributed by atoms with Crippen LogP contribution in [0, 0.1) is 23.2 Å². The van der Waals surface area contributed by atoms with Gasteiger partial charge in [0, 0.05) is 12.8 Å². The standard InChI is InChI=1S/C13H20O/c1-13(5-4-11(14)8-13)12-7-9-2-3-10(12)6-9/h9-10,12H,2-8H2,1H3. The highest BCUT2D eigenvalue weighted by atomic mass is 16.1. The molecular weight excluding hydrogens is 172 g/mol. The number of hydrogen-bond acceptors (Lipinski definition) is 1. The van der Waals surface area contributed by atoms with Crippen molar-refractivity contribution < 1.29 is 4.79 Å². The number of Topliss-reactive ketones (excluding diaryl/α,β-unsaturated/α-hetero) is 1. The molecule has 3 fully saturated rings. The van der Waals surface area contributed by atoms with E-state index in [-0.39, 0.29) is 0 Å². The molecule has 4 atom stereocenters. The first-order valence-electron chi connectivity index (χ1n) is 6.19. The third kappa shape index (κ3) is 1.17. The predicted molar refractivity (Wildman–Crippen MR) is 55.9 cm³/mol. The lowest BCUT2D eigenvalue weighted by Crippen LogP contribution is -2.29. The number of carbonyl (C=O) groups excluding carboxylic acids is 1. The van der Waals surface area contributed by atoms with Gasteiger partial charge in [0.25, 0.3) is 0 Å². The first-order chi connectivity index (χ1) is 6.67. The van der Waals surface area contributed by atoms with E-state index in [9.17, 15) is 4.79 Å². The van der Waals surface area contributed by atoms with E-state index in [4.69, 9.17) is 0 Å². The Morgan fingerprint density at radius 3 is 2.64 bits per heavy atom. The summed E-state index contributed by atoms with van der Waals surface area (Å²) in [6.07, 6.45) is 8.79. The van der Waals surface area contributed by atoms with E-state index in [2.05, 4.69) is 6.92 Å². The summed E-state index contributed by atoms with van der Waals surface area (Å²) in [4.78, 5) is 11.4. The zero-order chi connectivity index (χ0) is 9.76. The van der Waals surface area contributed by atoms with Gasteiger partial charge in [0.1, 0.15) is 5.78 Å².